The molecular weight excluding hydrogens is 612 g/mol. The average molecular weight is 649 g/mol. The number of hydrogen-bond donors (Lipinski definition) is 5. The van der Waals surface area contributed by atoms with Gasteiger partial charge in [-0.3, -0.25) is 29.3 Å². The Morgan fingerprint density at radius 2 is 1.77 bits per heavy atom. The van der Waals surface area contributed by atoms with E-state index in [1.54, 1.807) is 36.4 Å². The highest BCUT2D eigenvalue weighted by Crippen LogP contribution is 2.30. The van der Waals surface area contributed by atoms with Gasteiger partial charge in [-0.15, -0.1) is 0 Å². The van der Waals surface area contributed by atoms with E-state index in [4.69, 9.17) is 19.3 Å². The number of carbonyl (C=O) groups is 5. The molecule has 248 valence electrons. The maximum atomic E-state index is 13.2. The molecule has 5 rings (SSSR count). The molecule has 3 heterocycles. The number of amides is 5. The summed E-state index contributed by atoms with van der Waals surface area (Å²) in [5.41, 5.74) is 2.70. The standard InChI is InChI=1S/C32H36N6O9/c39-19-47-15-14-46-13-12-45-11-10-33-28(41)17-34-24-3-1-2-20-5-7-25(36-29(20)24)30(42)35-22-6-4-21-18-38(32(44)23(21)16-22)26-8-9-27(40)37-31(26)43/h1-7,16,26,34,39H,8-15,17-19H2,(H,33,41)(H,35,42)(H,37,40,43). The number of nitrogens with one attached hydrogen (secondary N) is 4. The van der Waals surface area contributed by atoms with Gasteiger partial charge in [-0.25, -0.2) is 4.98 Å². The van der Waals surface area contributed by atoms with Crippen molar-refractivity contribution in [3.8, 4) is 0 Å². The third-order valence-electron chi connectivity index (χ3n) is 7.58. The Kier molecular flexibility index (Phi) is 11.4. The maximum Gasteiger partial charge on any atom is 0.274 e. The second kappa shape index (κ2) is 16.0. The summed E-state index contributed by atoms with van der Waals surface area (Å²) in [5.74, 6) is -1.92. The Morgan fingerprint density at radius 3 is 2.55 bits per heavy atom. The lowest BCUT2D eigenvalue weighted by molar-refractivity contribution is -0.137. The minimum absolute atomic E-state index is 0.0236. The predicted octanol–water partition coefficient (Wildman–Crippen LogP) is 0.776. The second-order valence-electron chi connectivity index (χ2n) is 10.8. The van der Waals surface area contributed by atoms with E-state index in [-0.39, 0.29) is 56.1 Å². The molecule has 0 spiro atoms. The first-order chi connectivity index (χ1) is 22.8. The van der Waals surface area contributed by atoms with E-state index in [0.29, 0.717) is 62.0 Å². The molecule has 2 aliphatic rings. The maximum absolute atomic E-state index is 13.2. The summed E-state index contributed by atoms with van der Waals surface area (Å²) in [5, 5.41) is 20.2. The number of pyridine rings is 1. The summed E-state index contributed by atoms with van der Waals surface area (Å²) in [7, 11) is 0. The van der Waals surface area contributed by atoms with E-state index >= 15 is 0 Å². The fraction of sp³-hybridized carbons (Fsp3) is 0.375. The molecule has 0 radical (unpaired) electrons. The molecule has 1 fully saturated rings. The minimum Gasteiger partial charge on any atom is -0.377 e. The van der Waals surface area contributed by atoms with Crippen molar-refractivity contribution in [2.75, 3.05) is 63.6 Å². The van der Waals surface area contributed by atoms with Gasteiger partial charge in [0.25, 0.3) is 11.8 Å². The molecule has 0 aliphatic carbocycles. The third-order valence-corrected chi connectivity index (χ3v) is 7.58. The normalized spacial score (nSPS) is 15.8. The van der Waals surface area contributed by atoms with E-state index in [2.05, 4.69) is 26.3 Å². The molecule has 15 heteroatoms. The van der Waals surface area contributed by atoms with Crippen molar-refractivity contribution in [2.24, 2.45) is 0 Å². The number of anilines is 2. The molecule has 0 bridgehead atoms. The molecule has 1 atom stereocenters. The van der Waals surface area contributed by atoms with Crippen LogP contribution in [0.5, 0.6) is 0 Å². The first kappa shape index (κ1) is 33.4. The molecule has 1 aromatic heterocycles. The number of ether oxygens (including phenoxy) is 3. The molecule has 1 saturated heterocycles. The van der Waals surface area contributed by atoms with Gasteiger partial charge < -0.3 is 40.2 Å². The molecule has 2 aliphatic heterocycles. The van der Waals surface area contributed by atoms with Crippen LogP contribution in [0.2, 0.25) is 0 Å². The lowest BCUT2D eigenvalue weighted by Crippen LogP contribution is -2.52. The molecule has 2 aromatic carbocycles. The SMILES string of the molecule is O=C(CNc1cccc2ccc(C(=O)Nc3ccc4c(c3)C(=O)N(C3CCC(=O)NC3=O)C4)nc12)NCCOCCOCCOCO. The van der Waals surface area contributed by atoms with Crippen molar-refractivity contribution < 1.29 is 43.3 Å². The minimum atomic E-state index is -0.726. The summed E-state index contributed by atoms with van der Waals surface area (Å²) < 4.78 is 15.4. The summed E-state index contributed by atoms with van der Waals surface area (Å²) in [4.78, 5) is 68.6. The van der Waals surface area contributed by atoms with E-state index in [1.807, 2.05) is 12.1 Å². The van der Waals surface area contributed by atoms with Gasteiger partial charge in [0.2, 0.25) is 17.7 Å². The Bertz CT molecular complexity index is 1650. The molecular formula is C32H36N6O9. The Morgan fingerprint density at radius 1 is 0.979 bits per heavy atom. The van der Waals surface area contributed by atoms with E-state index < -0.39 is 17.9 Å². The molecule has 3 aromatic rings. The highest BCUT2D eigenvalue weighted by atomic mass is 16.6. The lowest BCUT2D eigenvalue weighted by atomic mass is 10.0. The number of aliphatic hydroxyl groups is 1. The number of imide groups is 1. The number of piperidine rings is 1. The molecule has 0 saturated carbocycles. The van der Waals surface area contributed by atoms with Crippen LogP contribution in [0, 0.1) is 0 Å². The van der Waals surface area contributed by atoms with Crippen molar-refractivity contribution >= 4 is 51.8 Å². The van der Waals surface area contributed by atoms with E-state index in [9.17, 15) is 24.0 Å². The van der Waals surface area contributed by atoms with Crippen molar-refractivity contribution in [3.05, 3.63) is 65.4 Å². The van der Waals surface area contributed by atoms with Crippen molar-refractivity contribution in [2.45, 2.75) is 25.4 Å². The molecule has 1 unspecified atom stereocenters. The monoisotopic (exact) mass is 648 g/mol. The van der Waals surface area contributed by atoms with Gasteiger partial charge in [0, 0.05) is 36.1 Å². The van der Waals surface area contributed by atoms with Crippen molar-refractivity contribution in [1.29, 1.82) is 0 Å². The van der Waals surface area contributed by atoms with Crippen LogP contribution >= 0.6 is 0 Å². The van der Waals surface area contributed by atoms with Gasteiger partial charge >= 0.3 is 0 Å². The highest BCUT2D eigenvalue weighted by molar-refractivity contribution is 6.08. The van der Waals surface area contributed by atoms with Gasteiger partial charge in [0.15, 0.2) is 0 Å². The number of para-hydroxylation sites is 1. The summed E-state index contributed by atoms with van der Waals surface area (Å²) in [6.07, 6.45) is 0.429. The van der Waals surface area contributed by atoms with Crippen LogP contribution in [-0.4, -0.2) is 103 Å². The zero-order valence-corrected chi connectivity index (χ0v) is 25.6. The number of aliphatic hydroxyl groups excluding tert-OH is 1. The fourth-order valence-electron chi connectivity index (χ4n) is 5.25. The number of hydrogen-bond acceptors (Lipinski definition) is 11. The second-order valence-corrected chi connectivity index (χ2v) is 10.8. The van der Waals surface area contributed by atoms with Crippen LogP contribution < -0.4 is 21.3 Å². The smallest absolute Gasteiger partial charge is 0.274 e. The molecule has 47 heavy (non-hydrogen) atoms. The van der Waals surface area contributed by atoms with Crippen LogP contribution in [-0.2, 0) is 35.1 Å². The van der Waals surface area contributed by atoms with Crippen molar-refractivity contribution in [1.82, 2.24) is 20.5 Å². The third kappa shape index (κ3) is 8.65. The first-order valence-corrected chi connectivity index (χ1v) is 15.2. The van der Waals surface area contributed by atoms with Gasteiger partial charge in [-0.05, 0) is 36.2 Å². The Balaban J connectivity index is 1.13. The van der Waals surface area contributed by atoms with E-state index in [1.165, 1.54) is 4.90 Å². The van der Waals surface area contributed by atoms with Gasteiger partial charge in [0.1, 0.15) is 18.5 Å². The van der Waals surface area contributed by atoms with E-state index in [0.717, 1.165) is 10.9 Å². The lowest BCUT2D eigenvalue weighted by Gasteiger charge is -2.29. The number of benzene rings is 2. The largest absolute Gasteiger partial charge is 0.377 e. The van der Waals surface area contributed by atoms with Crippen LogP contribution in [0.25, 0.3) is 10.9 Å². The number of nitrogens with zero attached hydrogens (tertiary/aromatic N) is 2. The van der Waals surface area contributed by atoms with Crippen LogP contribution in [0.4, 0.5) is 11.4 Å². The number of carbonyl (C=O) groups excluding carboxylic acids is 5. The highest BCUT2D eigenvalue weighted by Gasteiger charge is 2.39. The number of aromatic nitrogens is 1. The molecule has 5 N–H and O–H groups in total. The van der Waals surface area contributed by atoms with Crippen LogP contribution in [0.1, 0.15) is 39.3 Å². The average Bonchev–Trinajstić information content (AvgIpc) is 3.39. The quantitative estimate of drug-likeness (QED) is 0.0836. The van der Waals surface area contributed by atoms with Gasteiger partial charge in [-0.2, -0.15) is 0 Å². The zero-order valence-electron chi connectivity index (χ0n) is 25.6. The fourth-order valence-corrected chi connectivity index (χ4v) is 5.25. The van der Waals surface area contributed by atoms with Gasteiger partial charge in [-0.1, -0.05) is 24.3 Å². The van der Waals surface area contributed by atoms with Crippen molar-refractivity contribution in [3.63, 3.8) is 0 Å². The first-order valence-electron chi connectivity index (χ1n) is 15.2. The van der Waals surface area contributed by atoms with Gasteiger partial charge in [0.05, 0.1) is 50.8 Å². The van der Waals surface area contributed by atoms with Crippen LogP contribution in [0.3, 0.4) is 0 Å². The number of fused-ring (bicyclic) bond motifs is 2. The zero-order chi connectivity index (χ0) is 33.2. The summed E-state index contributed by atoms with van der Waals surface area (Å²) >= 11 is 0. The van der Waals surface area contributed by atoms with Crippen LogP contribution in [0.15, 0.2) is 48.5 Å². The topological polar surface area (TPSA) is 198 Å². The Labute approximate surface area is 269 Å². The summed E-state index contributed by atoms with van der Waals surface area (Å²) in [6.45, 7) is 1.88. The number of rotatable bonds is 16. The molecule has 15 nitrogen and oxygen atoms in total. The summed E-state index contributed by atoms with van der Waals surface area (Å²) in [6, 6.07) is 13.0. The molecule has 5 amide bonds. The predicted molar refractivity (Wildman–Crippen MR) is 168 cm³/mol. The Hall–Kier alpha value is -4.96.